The van der Waals surface area contributed by atoms with Crippen LogP contribution in [0, 0.1) is 6.92 Å². The average molecular weight is 1250 g/mol. The SMILES string of the molecule is Cc1cccc(-c2cccc(-c3cc(-n4c5ccc(N(c6ccccc6)c6ccccc6)cc5c5cc(N(c6ccccc6)c6ccccc6)ccc54)ncc3-n3c4ccc(N(c5ccccc5)c5ccccc5)cc4c4cc(N(c5ccccc5)c5ccccc5)ccc43)c2)n1. The fourth-order valence-corrected chi connectivity index (χ4v) is 14.0. The predicted octanol–water partition coefficient (Wildman–Crippen LogP) is 24.2. The molecule has 0 bridgehead atoms. The molecule has 8 nitrogen and oxygen atoms in total. The van der Waals surface area contributed by atoms with Gasteiger partial charge >= 0.3 is 0 Å². The first-order valence-electron chi connectivity index (χ1n) is 32.9. The minimum Gasteiger partial charge on any atom is -0.310 e. The third-order valence-electron chi connectivity index (χ3n) is 18.3. The zero-order valence-electron chi connectivity index (χ0n) is 53.3. The highest BCUT2D eigenvalue weighted by Crippen LogP contribution is 2.47. The molecule has 17 rings (SSSR count). The molecule has 4 aromatic heterocycles. The number of anilines is 12. The van der Waals surface area contributed by atoms with Gasteiger partial charge in [-0.3, -0.25) is 9.55 Å². The molecule has 0 amide bonds. The highest BCUT2D eigenvalue weighted by molar-refractivity contribution is 6.14. The smallest absolute Gasteiger partial charge is 0.138 e. The summed E-state index contributed by atoms with van der Waals surface area (Å²) in [5, 5.41) is 4.35. The molecular weight excluding hydrogens is 1180 g/mol. The van der Waals surface area contributed by atoms with Crippen molar-refractivity contribution in [3.63, 3.8) is 0 Å². The maximum absolute atomic E-state index is 5.72. The number of hydrogen-bond donors (Lipinski definition) is 0. The van der Waals surface area contributed by atoms with Crippen molar-refractivity contribution in [2.45, 2.75) is 6.92 Å². The van der Waals surface area contributed by atoms with Gasteiger partial charge in [0.2, 0.25) is 0 Å². The lowest BCUT2D eigenvalue weighted by Gasteiger charge is -2.26. The summed E-state index contributed by atoms with van der Waals surface area (Å²) in [5.74, 6) is 0.775. The Morgan fingerprint density at radius 3 is 0.866 bits per heavy atom. The minimum absolute atomic E-state index is 0.775. The first kappa shape index (κ1) is 57.8. The van der Waals surface area contributed by atoms with E-state index in [1.54, 1.807) is 0 Å². The Labute approximate surface area is 564 Å². The van der Waals surface area contributed by atoms with Gasteiger partial charge < -0.3 is 24.2 Å². The third kappa shape index (κ3) is 10.8. The first-order valence-corrected chi connectivity index (χ1v) is 32.9. The van der Waals surface area contributed by atoms with Crippen molar-refractivity contribution in [3.8, 4) is 33.9 Å². The van der Waals surface area contributed by atoms with Crippen LogP contribution in [0.25, 0.3) is 77.5 Å². The summed E-state index contributed by atoms with van der Waals surface area (Å²) in [6.07, 6.45) is 2.10. The molecule has 0 saturated carbocycles. The van der Waals surface area contributed by atoms with Crippen LogP contribution in [0.2, 0.25) is 0 Å². The molecule has 0 unspecified atom stereocenters. The number of pyridine rings is 2. The van der Waals surface area contributed by atoms with Crippen LogP contribution in [-0.2, 0) is 0 Å². The summed E-state index contributed by atoms with van der Waals surface area (Å²) in [5.41, 5.74) is 22.6. The second kappa shape index (κ2) is 25.1. The van der Waals surface area contributed by atoms with Crippen LogP contribution in [0.3, 0.4) is 0 Å². The van der Waals surface area contributed by atoms with Gasteiger partial charge in [0.25, 0.3) is 0 Å². The van der Waals surface area contributed by atoms with Gasteiger partial charge in [0, 0.05) is 107 Å². The number of aryl methyl sites for hydroxylation is 1. The van der Waals surface area contributed by atoms with Crippen molar-refractivity contribution in [1.29, 1.82) is 0 Å². The van der Waals surface area contributed by atoms with Crippen LogP contribution in [-0.4, -0.2) is 19.1 Å². The molecule has 0 aliphatic rings. The van der Waals surface area contributed by atoms with Gasteiger partial charge in [-0.2, -0.15) is 0 Å². The van der Waals surface area contributed by atoms with Crippen molar-refractivity contribution in [2.75, 3.05) is 19.6 Å². The van der Waals surface area contributed by atoms with Crippen molar-refractivity contribution < 1.29 is 0 Å². The fraction of sp³-hybridized carbons (Fsp3) is 0.0112. The van der Waals surface area contributed by atoms with E-state index in [0.29, 0.717) is 0 Å². The number of para-hydroxylation sites is 8. The largest absolute Gasteiger partial charge is 0.310 e. The highest BCUT2D eigenvalue weighted by Gasteiger charge is 2.26. The normalized spacial score (nSPS) is 11.4. The van der Waals surface area contributed by atoms with Gasteiger partial charge in [0.1, 0.15) is 5.82 Å². The van der Waals surface area contributed by atoms with Crippen LogP contribution in [0.15, 0.2) is 370 Å². The third-order valence-corrected chi connectivity index (χ3v) is 18.3. The maximum Gasteiger partial charge on any atom is 0.138 e. The van der Waals surface area contributed by atoms with Gasteiger partial charge in [-0.15, -0.1) is 0 Å². The second-order valence-electron chi connectivity index (χ2n) is 24.3. The van der Waals surface area contributed by atoms with E-state index in [1.165, 1.54) is 0 Å². The summed E-state index contributed by atoms with van der Waals surface area (Å²) in [6, 6.07) is 130. The van der Waals surface area contributed by atoms with E-state index in [1.807, 2.05) is 0 Å². The summed E-state index contributed by atoms with van der Waals surface area (Å²) in [6.45, 7) is 2.05. The summed E-state index contributed by atoms with van der Waals surface area (Å²) in [4.78, 5) is 20.2. The molecule has 0 N–H and O–H groups in total. The molecule has 4 heterocycles. The number of nitrogens with zero attached hydrogens (tertiary/aromatic N) is 8. The zero-order valence-corrected chi connectivity index (χ0v) is 53.3. The Balaban J connectivity index is 0.929. The maximum atomic E-state index is 5.72. The molecule has 8 heteroatoms. The summed E-state index contributed by atoms with van der Waals surface area (Å²) < 4.78 is 4.79. The van der Waals surface area contributed by atoms with Crippen molar-refractivity contribution in [1.82, 2.24) is 19.1 Å². The standard InChI is InChI=1S/C89H64N8/c1-63-28-26-47-83(91-63)65-30-27-29-64(56-65)78-61-89(97-86-54-50-76(94(70-39-18-6-19-40-70)71-41-20-7-21-42-71)59-81(86)82-60-77(51-55-87(82)97)95(72-43-22-8-23-44-72)73-45-24-9-25-46-73)90-62-88(78)96-84-52-48-74(92(66-31-10-2-11-32-66)67-33-12-3-13-34-67)57-79(84)80-58-75(49-53-85(80)96)93(68-35-14-4-15-36-68)69-37-16-5-17-38-69/h2-62H,1H3. The van der Waals surface area contributed by atoms with Crippen molar-refractivity contribution in [2.24, 2.45) is 0 Å². The molecule has 0 fully saturated rings. The van der Waals surface area contributed by atoms with Gasteiger partial charge in [-0.1, -0.05) is 170 Å². The Morgan fingerprint density at radius 1 is 0.247 bits per heavy atom. The molecule has 0 spiro atoms. The molecule has 13 aromatic carbocycles. The van der Waals surface area contributed by atoms with E-state index in [2.05, 4.69) is 406 Å². The zero-order chi connectivity index (χ0) is 64.6. The predicted molar refractivity (Wildman–Crippen MR) is 405 cm³/mol. The highest BCUT2D eigenvalue weighted by atomic mass is 15.2. The molecule has 0 saturated heterocycles. The van der Waals surface area contributed by atoms with Gasteiger partial charge in [0.15, 0.2) is 0 Å². The van der Waals surface area contributed by atoms with Crippen LogP contribution in [0.1, 0.15) is 5.69 Å². The topological polar surface area (TPSA) is 48.6 Å². The number of hydrogen-bond acceptors (Lipinski definition) is 6. The number of benzene rings is 13. The van der Waals surface area contributed by atoms with Crippen molar-refractivity contribution in [3.05, 3.63) is 376 Å². The van der Waals surface area contributed by atoms with E-state index in [4.69, 9.17) is 9.97 Å². The fourth-order valence-electron chi connectivity index (χ4n) is 14.0. The average Bonchev–Trinajstić information content (AvgIpc) is 1.58. The Kier molecular flexibility index (Phi) is 15.0. The van der Waals surface area contributed by atoms with Gasteiger partial charge in [-0.25, -0.2) is 4.98 Å². The summed E-state index contributed by atoms with van der Waals surface area (Å²) >= 11 is 0. The number of rotatable bonds is 16. The molecule has 0 radical (unpaired) electrons. The van der Waals surface area contributed by atoms with Gasteiger partial charge in [0.05, 0.1) is 39.6 Å². The Bertz CT molecular complexity index is 5210. The summed E-state index contributed by atoms with van der Waals surface area (Å²) in [7, 11) is 0. The quantitative estimate of drug-likeness (QED) is 0.0961. The van der Waals surface area contributed by atoms with Crippen LogP contribution >= 0.6 is 0 Å². The van der Waals surface area contributed by atoms with Crippen molar-refractivity contribution >= 4 is 112 Å². The van der Waals surface area contributed by atoms with Crippen LogP contribution in [0.4, 0.5) is 68.2 Å². The van der Waals surface area contributed by atoms with Crippen LogP contribution < -0.4 is 19.6 Å². The first-order chi connectivity index (χ1) is 48.0. The number of fused-ring (bicyclic) bond motifs is 6. The Morgan fingerprint density at radius 2 is 0.546 bits per heavy atom. The molecule has 97 heavy (non-hydrogen) atoms. The second-order valence-corrected chi connectivity index (χ2v) is 24.3. The lowest BCUT2D eigenvalue weighted by atomic mass is 10.00. The molecule has 17 aromatic rings. The van der Waals surface area contributed by atoms with Gasteiger partial charge in [-0.05, 0) is 207 Å². The molecule has 0 aliphatic carbocycles. The van der Waals surface area contributed by atoms with Crippen LogP contribution in [0.5, 0.6) is 0 Å². The van der Waals surface area contributed by atoms with E-state index >= 15 is 0 Å². The molecule has 0 aliphatic heterocycles. The van der Waals surface area contributed by atoms with E-state index < -0.39 is 0 Å². The molecular formula is C89H64N8. The Hall–Kier alpha value is -13.0. The minimum atomic E-state index is 0.775. The van der Waals surface area contributed by atoms with E-state index in [-0.39, 0.29) is 0 Å². The molecule has 460 valence electrons. The monoisotopic (exact) mass is 1240 g/mol. The van der Waals surface area contributed by atoms with E-state index in [0.717, 1.165) is 151 Å². The molecule has 0 atom stereocenters. The number of aromatic nitrogens is 4. The van der Waals surface area contributed by atoms with E-state index in [9.17, 15) is 0 Å². The lowest BCUT2D eigenvalue weighted by Crippen LogP contribution is -2.09. The lowest BCUT2D eigenvalue weighted by molar-refractivity contribution is 1.06.